The van der Waals surface area contributed by atoms with Crippen LogP contribution >= 0.6 is 0 Å². The molecule has 3 rings (SSSR count). The van der Waals surface area contributed by atoms with Crippen molar-refractivity contribution in [3.05, 3.63) is 41.0 Å². The van der Waals surface area contributed by atoms with Gasteiger partial charge in [-0.3, -0.25) is 0 Å². The van der Waals surface area contributed by atoms with E-state index in [1.165, 1.54) is 12.1 Å². The van der Waals surface area contributed by atoms with Crippen LogP contribution in [0.15, 0.2) is 18.2 Å². The molecule has 1 aliphatic carbocycles. The maximum atomic E-state index is 13.7. The molecule has 1 aromatic rings. The Hall–Kier alpha value is -1.33. The molecular weight excluding hydrogens is 305 g/mol. The van der Waals surface area contributed by atoms with Crippen LogP contribution < -0.4 is 0 Å². The van der Waals surface area contributed by atoms with E-state index in [4.69, 9.17) is 9.47 Å². The molecule has 23 heavy (non-hydrogen) atoms. The molecule has 1 heterocycles. The number of ether oxygens (including phenoxy) is 2. The summed E-state index contributed by atoms with van der Waals surface area (Å²) in [4.78, 5) is 0. The minimum atomic E-state index is -1.13. The molecule has 0 amide bonds. The van der Waals surface area contributed by atoms with E-state index in [1.807, 2.05) is 6.08 Å². The number of alkyl halides is 1. The van der Waals surface area contributed by atoms with Crippen LogP contribution in [0.2, 0.25) is 0 Å². The van der Waals surface area contributed by atoms with Crippen molar-refractivity contribution in [1.82, 2.24) is 0 Å². The third kappa shape index (κ3) is 3.61. The number of benzene rings is 1. The van der Waals surface area contributed by atoms with Crippen molar-refractivity contribution >= 4 is 5.57 Å². The van der Waals surface area contributed by atoms with Gasteiger partial charge in [-0.15, -0.1) is 0 Å². The molecule has 1 saturated heterocycles. The Balaban J connectivity index is 1.69. The second kappa shape index (κ2) is 7.05. The van der Waals surface area contributed by atoms with Gasteiger partial charge in [-0.2, -0.15) is 0 Å². The fraction of sp³-hybridized carbons (Fsp3) is 0.556. The molecule has 0 spiro atoms. The first-order chi connectivity index (χ1) is 11.1. The fourth-order valence-electron chi connectivity index (χ4n) is 3.17. The van der Waals surface area contributed by atoms with Gasteiger partial charge in [0.2, 0.25) is 0 Å². The Morgan fingerprint density at radius 3 is 2.30 bits per heavy atom. The van der Waals surface area contributed by atoms with Crippen molar-refractivity contribution in [2.45, 2.75) is 39.2 Å². The highest BCUT2D eigenvalue weighted by Crippen LogP contribution is 2.35. The molecule has 5 heteroatoms. The molecule has 0 N–H and O–H groups in total. The zero-order valence-electron chi connectivity index (χ0n) is 13.2. The Bertz CT molecular complexity index is 569. The molecule has 2 aliphatic rings. The van der Waals surface area contributed by atoms with Gasteiger partial charge in [0.1, 0.15) is 18.3 Å². The van der Waals surface area contributed by atoms with E-state index >= 15 is 0 Å². The van der Waals surface area contributed by atoms with Crippen LogP contribution in [0.1, 0.15) is 37.3 Å². The molecule has 1 aromatic carbocycles. The highest BCUT2D eigenvalue weighted by molar-refractivity contribution is 5.66. The first-order valence-corrected chi connectivity index (χ1v) is 8.05. The Labute approximate surface area is 134 Å². The van der Waals surface area contributed by atoms with Crippen LogP contribution in [0.5, 0.6) is 0 Å². The van der Waals surface area contributed by atoms with Crippen LogP contribution in [-0.2, 0) is 16.1 Å². The maximum Gasteiger partial charge on any atom is 0.160 e. The van der Waals surface area contributed by atoms with Crippen molar-refractivity contribution in [3.63, 3.8) is 0 Å². The van der Waals surface area contributed by atoms with Crippen molar-refractivity contribution < 1.29 is 22.6 Å². The molecular formula is C18H21F3O2. The summed E-state index contributed by atoms with van der Waals surface area (Å²) in [5.41, 5.74) is 0.893. The van der Waals surface area contributed by atoms with Crippen LogP contribution in [0, 0.1) is 23.5 Å². The van der Waals surface area contributed by atoms with E-state index in [-0.39, 0.29) is 12.2 Å². The molecule has 0 saturated carbocycles. The van der Waals surface area contributed by atoms with Crippen molar-refractivity contribution in [2.75, 3.05) is 13.2 Å². The van der Waals surface area contributed by atoms with Gasteiger partial charge in [0.25, 0.3) is 0 Å². The van der Waals surface area contributed by atoms with Gasteiger partial charge < -0.3 is 9.47 Å². The maximum absolute atomic E-state index is 13.7. The van der Waals surface area contributed by atoms with E-state index in [2.05, 4.69) is 6.92 Å². The van der Waals surface area contributed by atoms with Gasteiger partial charge in [-0.05, 0) is 42.5 Å². The van der Waals surface area contributed by atoms with Crippen molar-refractivity contribution in [2.24, 2.45) is 11.8 Å². The van der Waals surface area contributed by atoms with Gasteiger partial charge in [0, 0.05) is 11.8 Å². The standard InChI is InChI=1S/C18H21F3O2/c1-11-9-22-18(23-10-11)13-4-2-12(3-5-13)14-6-16(20)15(8-19)17(21)7-14/h2,6-7,11,13,18H,3-5,8-10H2,1H3. The molecule has 0 aromatic heterocycles. The van der Waals surface area contributed by atoms with Gasteiger partial charge in [-0.1, -0.05) is 13.0 Å². The predicted molar refractivity (Wildman–Crippen MR) is 81.3 cm³/mol. The monoisotopic (exact) mass is 326 g/mol. The summed E-state index contributed by atoms with van der Waals surface area (Å²) < 4.78 is 51.5. The smallest absolute Gasteiger partial charge is 0.160 e. The zero-order chi connectivity index (χ0) is 16.4. The highest BCUT2D eigenvalue weighted by Gasteiger charge is 2.29. The first-order valence-electron chi connectivity index (χ1n) is 8.05. The van der Waals surface area contributed by atoms with Gasteiger partial charge in [-0.25, -0.2) is 13.2 Å². The summed E-state index contributed by atoms with van der Waals surface area (Å²) in [6.07, 6.45) is 4.10. The second-order valence-electron chi connectivity index (χ2n) is 6.46. The summed E-state index contributed by atoms with van der Waals surface area (Å²) in [5.74, 6) is -0.955. The molecule has 1 unspecified atom stereocenters. The van der Waals surface area contributed by atoms with Crippen LogP contribution in [0.25, 0.3) is 5.57 Å². The summed E-state index contributed by atoms with van der Waals surface area (Å²) in [7, 11) is 0. The quantitative estimate of drug-likeness (QED) is 0.806. The summed E-state index contributed by atoms with van der Waals surface area (Å²) >= 11 is 0. The molecule has 126 valence electrons. The lowest BCUT2D eigenvalue weighted by atomic mass is 9.85. The van der Waals surface area contributed by atoms with E-state index < -0.39 is 23.9 Å². The van der Waals surface area contributed by atoms with Gasteiger partial charge in [0.15, 0.2) is 6.29 Å². The fourth-order valence-corrected chi connectivity index (χ4v) is 3.17. The first kappa shape index (κ1) is 16.5. The normalized spacial score (nSPS) is 28.5. The molecule has 0 radical (unpaired) electrons. The number of allylic oxidation sites excluding steroid dienone is 2. The number of hydrogen-bond acceptors (Lipinski definition) is 2. The van der Waals surface area contributed by atoms with E-state index in [9.17, 15) is 13.2 Å². The molecule has 0 bridgehead atoms. The van der Waals surface area contributed by atoms with Crippen molar-refractivity contribution in [1.29, 1.82) is 0 Å². The Morgan fingerprint density at radius 2 is 1.78 bits per heavy atom. The zero-order valence-corrected chi connectivity index (χ0v) is 13.2. The molecule has 1 fully saturated rings. The average molecular weight is 326 g/mol. The van der Waals surface area contributed by atoms with Crippen molar-refractivity contribution in [3.8, 4) is 0 Å². The minimum Gasteiger partial charge on any atom is -0.352 e. The summed E-state index contributed by atoms with van der Waals surface area (Å²) in [5, 5.41) is 0. The number of halogens is 3. The van der Waals surface area contributed by atoms with Crippen LogP contribution in [0.3, 0.4) is 0 Å². The van der Waals surface area contributed by atoms with E-state index in [1.54, 1.807) is 0 Å². The topological polar surface area (TPSA) is 18.5 Å². The SMILES string of the molecule is CC1COC(C2CC=C(c3cc(F)c(CF)c(F)c3)CC2)OC1. The third-order valence-corrected chi connectivity index (χ3v) is 4.57. The summed E-state index contributed by atoms with van der Waals surface area (Å²) in [6, 6.07) is 2.44. The largest absolute Gasteiger partial charge is 0.352 e. The second-order valence-corrected chi connectivity index (χ2v) is 6.46. The lowest BCUT2D eigenvalue weighted by molar-refractivity contribution is -0.222. The van der Waals surface area contributed by atoms with E-state index in [0.29, 0.717) is 31.1 Å². The van der Waals surface area contributed by atoms with Gasteiger partial charge >= 0.3 is 0 Å². The van der Waals surface area contributed by atoms with Gasteiger partial charge in [0.05, 0.1) is 18.8 Å². The summed E-state index contributed by atoms with van der Waals surface area (Å²) in [6.45, 7) is 2.37. The highest BCUT2D eigenvalue weighted by atomic mass is 19.1. The Morgan fingerprint density at radius 1 is 1.13 bits per heavy atom. The minimum absolute atomic E-state index is 0.189. The van der Waals surface area contributed by atoms with Crippen LogP contribution in [-0.4, -0.2) is 19.5 Å². The average Bonchev–Trinajstić information content (AvgIpc) is 2.55. The number of rotatable bonds is 3. The predicted octanol–water partition coefficient (Wildman–Crippen LogP) is 4.63. The molecule has 1 aliphatic heterocycles. The van der Waals surface area contributed by atoms with E-state index in [0.717, 1.165) is 18.4 Å². The van der Waals surface area contributed by atoms with Crippen LogP contribution in [0.4, 0.5) is 13.2 Å². The lowest BCUT2D eigenvalue weighted by Crippen LogP contribution is -2.36. The molecule has 2 nitrogen and oxygen atoms in total. The Kier molecular flexibility index (Phi) is 5.07. The third-order valence-electron chi connectivity index (χ3n) is 4.57. The number of hydrogen-bond donors (Lipinski definition) is 0. The molecule has 1 atom stereocenters. The lowest BCUT2D eigenvalue weighted by Gasteiger charge is -2.34.